The fourth-order valence-corrected chi connectivity index (χ4v) is 2.76. The summed E-state index contributed by atoms with van der Waals surface area (Å²) in [6.45, 7) is 7.61. The number of nitriles is 1. The predicted molar refractivity (Wildman–Crippen MR) is 98.0 cm³/mol. The topological polar surface area (TPSA) is 97.1 Å². The van der Waals surface area contributed by atoms with Crippen molar-refractivity contribution in [2.45, 2.75) is 45.8 Å². The van der Waals surface area contributed by atoms with Crippen molar-refractivity contribution < 1.29 is 14.3 Å². The minimum Gasteiger partial charge on any atom is -0.468 e. The third-order valence-electron chi connectivity index (χ3n) is 3.22. The van der Waals surface area contributed by atoms with Crippen LogP contribution in [0, 0.1) is 18.3 Å². The Bertz CT molecular complexity index is 779. The van der Waals surface area contributed by atoms with Gasteiger partial charge in [0.05, 0.1) is 4.88 Å². The molecule has 0 saturated heterocycles. The highest BCUT2D eigenvalue weighted by atomic mass is 32.1. The molecule has 0 bridgehead atoms. The first kappa shape index (κ1) is 19.7. The molecule has 0 fully saturated rings. The molecule has 2 aromatic heterocycles. The summed E-state index contributed by atoms with van der Waals surface area (Å²) in [5.41, 5.74) is 0.573. The highest BCUT2D eigenvalue weighted by Crippen LogP contribution is 2.28. The molecule has 26 heavy (non-hydrogen) atoms. The number of ether oxygens (including phenoxy) is 2. The van der Waals surface area contributed by atoms with Gasteiger partial charge < -0.3 is 14.8 Å². The molecule has 138 valence electrons. The zero-order valence-corrected chi connectivity index (χ0v) is 16.1. The average Bonchev–Trinajstić information content (AvgIpc) is 3.06. The maximum Gasteiger partial charge on any atom is 0.407 e. The Morgan fingerprint density at radius 3 is 2.77 bits per heavy atom. The number of alkyl carbamates (subject to hydrolysis) is 1. The van der Waals surface area contributed by atoms with Crippen molar-refractivity contribution >= 4 is 17.6 Å². The van der Waals surface area contributed by atoms with Crippen LogP contribution in [0.5, 0.6) is 5.88 Å². The van der Waals surface area contributed by atoms with E-state index in [2.05, 4.69) is 20.7 Å². The van der Waals surface area contributed by atoms with E-state index >= 15 is 0 Å². The summed E-state index contributed by atoms with van der Waals surface area (Å²) < 4.78 is 15.3. The number of aromatic nitrogens is 2. The summed E-state index contributed by atoms with van der Waals surface area (Å²) in [4.78, 5) is 17.0. The fraction of sp³-hybridized carbons (Fsp3) is 0.444. The van der Waals surface area contributed by atoms with Crippen molar-refractivity contribution in [1.29, 1.82) is 5.26 Å². The third kappa shape index (κ3) is 6.01. The highest BCUT2D eigenvalue weighted by Gasteiger charge is 2.20. The van der Waals surface area contributed by atoms with E-state index in [0.717, 1.165) is 10.6 Å². The molecule has 1 N–H and O–H groups in total. The lowest BCUT2D eigenvalue weighted by Crippen LogP contribution is -2.33. The van der Waals surface area contributed by atoms with E-state index in [1.807, 2.05) is 33.8 Å². The van der Waals surface area contributed by atoms with Crippen molar-refractivity contribution in [1.82, 2.24) is 14.7 Å². The van der Waals surface area contributed by atoms with Gasteiger partial charge in [0, 0.05) is 24.9 Å². The highest BCUT2D eigenvalue weighted by molar-refractivity contribution is 7.05. The summed E-state index contributed by atoms with van der Waals surface area (Å²) in [5.74, 6) is 0.281. The number of hydrogen-bond acceptors (Lipinski definition) is 7. The van der Waals surface area contributed by atoms with Crippen molar-refractivity contribution in [3.8, 4) is 11.9 Å². The largest absolute Gasteiger partial charge is 0.468 e. The number of hydrogen-bond donors (Lipinski definition) is 1. The standard InChI is InChI=1S/C18H22N4O3S/c1-12-5-6-13(11-19)16(22-12)24-14(15-8-10-21-26-15)7-9-20-17(23)25-18(2,3)4/h5-6,8,10,14H,7,9H2,1-4H3,(H,20,23). The van der Waals surface area contributed by atoms with Crippen molar-refractivity contribution in [3.63, 3.8) is 0 Å². The molecule has 8 heteroatoms. The molecule has 0 aliphatic heterocycles. The first-order valence-corrected chi connectivity index (χ1v) is 8.97. The lowest BCUT2D eigenvalue weighted by atomic mass is 10.2. The molecular weight excluding hydrogens is 352 g/mol. The van der Waals surface area contributed by atoms with Gasteiger partial charge in [0.1, 0.15) is 23.3 Å². The third-order valence-corrected chi connectivity index (χ3v) is 4.06. The molecule has 0 spiro atoms. The van der Waals surface area contributed by atoms with Gasteiger partial charge in [-0.1, -0.05) is 0 Å². The summed E-state index contributed by atoms with van der Waals surface area (Å²) in [7, 11) is 0. The van der Waals surface area contributed by atoms with Crippen LogP contribution >= 0.6 is 11.5 Å². The van der Waals surface area contributed by atoms with E-state index in [4.69, 9.17) is 9.47 Å². The van der Waals surface area contributed by atoms with Crippen LogP contribution in [0.1, 0.15) is 49.4 Å². The second-order valence-electron chi connectivity index (χ2n) is 6.66. The van der Waals surface area contributed by atoms with Gasteiger partial charge in [-0.25, -0.2) is 14.2 Å². The molecule has 7 nitrogen and oxygen atoms in total. The molecule has 0 aliphatic carbocycles. The van der Waals surface area contributed by atoms with Gasteiger partial charge in [-0.05, 0) is 57.4 Å². The Morgan fingerprint density at radius 1 is 1.38 bits per heavy atom. The monoisotopic (exact) mass is 374 g/mol. The number of amides is 1. The van der Waals surface area contributed by atoms with Gasteiger partial charge in [-0.15, -0.1) is 0 Å². The normalized spacial score (nSPS) is 12.1. The minimum atomic E-state index is -0.551. The van der Waals surface area contributed by atoms with Gasteiger partial charge in [-0.3, -0.25) is 0 Å². The SMILES string of the molecule is Cc1ccc(C#N)c(OC(CCNC(=O)OC(C)(C)C)c2ccns2)n1. The van der Waals surface area contributed by atoms with Crippen LogP contribution in [0.15, 0.2) is 24.4 Å². The Morgan fingerprint density at radius 2 is 2.15 bits per heavy atom. The molecule has 2 aromatic rings. The summed E-state index contributed by atoms with van der Waals surface area (Å²) in [5, 5.41) is 12.0. The first-order valence-electron chi connectivity index (χ1n) is 8.20. The average molecular weight is 374 g/mol. The van der Waals surface area contributed by atoms with Crippen LogP contribution in [0.2, 0.25) is 0 Å². The van der Waals surface area contributed by atoms with E-state index in [1.54, 1.807) is 18.3 Å². The second-order valence-corrected chi connectivity index (χ2v) is 7.52. The molecule has 2 heterocycles. The lowest BCUT2D eigenvalue weighted by Gasteiger charge is -2.21. The molecule has 1 amide bonds. The number of aryl methyl sites for hydroxylation is 1. The first-order chi connectivity index (χ1) is 12.3. The number of rotatable bonds is 6. The molecule has 0 aromatic carbocycles. The fourth-order valence-electron chi connectivity index (χ4n) is 2.11. The molecule has 1 atom stereocenters. The van der Waals surface area contributed by atoms with Crippen LogP contribution in [0.25, 0.3) is 0 Å². The van der Waals surface area contributed by atoms with Crippen LogP contribution in [-0.2, 0) is 4.74 Å². The maximum absolute atomic E-state index is 11.8. The van der Waals surface area contributed by atoms with Crippen LogP contribution in [0.3, 0.4) is 0 Å². The molecule has 2 rings (SSSR count). The van der Waals surface area contributed by atoms with E-state index < -0.39 is 11.7 Å². The van der Waals surface area contributed by atoms with Crippen LogP contribution < -0.4 is 10.1 Å². The van der Waals surface area contributed by atoms with Gasteiger partial charge in [0.25, 0.3) is 0 Å². The Labute approximate surface area is 157 Å². The van der Waals surface area contributed by atoms with Gasteiger partial charge in [0.15, 0.2) is 0 Å². The number of nitrogens with zero attached hydrogens (tertiary/aromatic N) is 3. The van der Waals surface area contributed by atoms with Crippen LogP contribution in [0.4, 0.5) is 4.79 Å². The van der Waals surface area contributed by atoms with Gasteiger partial charge >= 0.3 is 6.09 Å². The lowest BCUT2D eigenvalue weighted by molar-refractivity contribution is 0.0520. The second kappa shape index (κ2) is 8.63. The summed E-state index contributed by atoms with van der Waals surface area (Å²) in [6, 6.07) is 7.38. The van der Waals surface area contributed by atoms with Crippen LogP contribution in [-0.4, -0.2) is 27.6 Å². The van der Waals surface area contributed by atoms with E-state index in [0.29, 0.717) is 18.5 Å². The molecular formula is C18H22N4O3S. The van der Waals surface area contributed by atoms with Gasteiger partial charge in [-0.2, -0.15) is 5.26 Å². The Hall–Kier alpha value is -2.66. The maximum atomic E-state index is 11.8. The summed E-state index contributed by atoms with van der Waals surface area (Å²) in [6.07, 6.45) is 1.32. The molecule has 1 unspecified atom stereocenters. The Balaban J connectivity index is 2.05. The predicted octanol–water partition coefficient (Wildman–Crippen LogP) is 3.75. The Kier molecular flexibility index (Phi) is 6.52. The zero-order valence-electron chi connectivity index (χ0n) is 15.3. The molecule has 0 aliphatic rings. The quantitative estimate of drug-likeness (QED) is 0.827. The van der Waals surface area contributed by atoms with Crippen molar-refractivity contribution in [3.05, 3.63) is 40.5 Å². The smallest absolute Gasteiger partial charge is 0.407 e. The van der Waals surface area contributed by atoms with Gasteiger partial charge in [0.2, 0.25) is 5.88 Å². The van der Waals surface area contributed by atoms with Crippen molar-refractivity contribution in [2.24, 2.45) is 0 Å². The number of carbonyl (C=O) groups is 1. The number of pyridine rings is 1. The minimum absolute atomic E-state index is 0.281. The zero-order chi connectivity index (χ0) is 19.2. The van der Waals surface area contributed by atoms with E-state index in [1.165, 1.54) is 11.5 Å². The van der Waals surface area contributed by atoms with Crippen molar-refractivity contribution in [2.75, 3.05) is 6.54 Å². The number of nitrogens with one attached hydrogen (secondary N) is 1. The number of carbonyl (C=O) groups excluding carboxylic acids is 1. The van der Waals surface area contributed by atoms with E-state index in [-0.39, 0.29) is 12.0 Å². The van der Waals surface area contributed by atoms with E-state index in [9.17, 15) is 10.1 Å². The molecule has 0 saturated carbocycles. The summed E-state index contributed by atoms with van der Waals surface area (Å²) >= 11 is 1.31. The molecule has 0 radical (unpaired) electrons.